The maximum absolute atomic E-state index is 5.55. The Morgan fingerprint density at radius 1 is 1.43 bits per heavy atom. The molecule has 4 nitrogen and oxygen atoms in total. The fourth-order valence-corrected chi connectivity index (χ4v) is 2.41. The smallest absolute Gasteiger partial charge is 0.121 e. The molecule has 1 aromatic carbocycles. The van der Waals surface area contributed by atoms with Crippen molar-refractivity contribution in [2.75, 3.05) is 13.2 Å². The Morgan fingerprint density at radius 2 is 2.24 bits per heavy atom. The molecule has 114 valence electrons. The number of aromatic nitrogens is 2. The Labute approximate surface area is 126 Å². The van der Waals surface area contributed by atoms with E-state index in [1.165, 1.54) is 0 Å². The van der Waals surface area contributed by atoms with Gasteiger partial charge in [0.15, 0.2) is 0 Å². The Morgan fingerprint density at radius 3 is 2.90 bits per heavy atom. The number of nitrogens with zero attached hydrogens (tertiary/aromatic N) is 2. The van der Waals surface area contributed by atoms with Crippen LogP contribution in [0.25, 0.3) is 11.0 Å². The van der Waals surface area contributed by atoms with Gasteiger partial charge in [-0.3, -0.25) is 0 Å². The molecule has 0 fully saturated rings. The van der Waals surface area contributed by atoms with E-state index in [4.69, 9.17) is 9.72 Å². The summed E-state index contributed by atoms with van der Waals surface area (Å²) < 4.78 is 7.78. The van der Waals surface area contributed by atoms with Crippen molar-refractivity contribution in [3.63, 3.8) is 0 Å². The number of hydrogen-bond acceptors (Lipinski definition) is 3. The molecule has 0 aliphatic rings. The summed E-state index contributed by atoms with van der Waals surface area (Å²) in [5.41, 5.74) is 2.13. The van der Waals surface area contributed by atoms with Crippen molar-refractivity contribution < 1.29 is 4.74 Å². The van der Waals surface area contributed by atoms with Crippen LogP contribution in [0, 0.1) is 0 Å². The predicted molar refractivity (Wildman–Crippen MR) is 87.9 cm³/mol. The van der Waals surface area contributed by atoms with Crippen molar-refractivity contribution >= 4 is 11.0 Å². The molecule has 0 saturated carbocycles. The SMILES string of the molecule is C=CCn1c(CCNC(C)C)nc2cc(OCC)ccc21. The molecule has 0 spiro atoms. The van der Waals surface area contributed by atoms with Gasteiger partial charge in [0.1, 0.15) is 11.6 Å². The lowest BCUT2D eigenvalue weighted by Crippen LogP contribution is -2.25. The lowest BCUT2D eigenvalue weighted by Gasteiger charge is -2.09. The standard InChI is InChI=1S/C17H25N3O/c1-5-11-20-16-8-7-14(21-6-2)12-15(16)19-17(20)9-10-18-13(3)4/h5,7-8,12-13,18H,1,6,9-11H2,2-4H3. The molecule has 0 saturated heterocycles. The van der Waals surface area contributed by atoms with Crippen LogP contribution in [0.4, 0.5) is 0 Å². The highest BCUT2D eigenvalue weighted by Gasteiger charge is 2.10. The molecule has 0 amide bonds. The van der Waals surface area contributed by atoms with Gasteiger partial charge in [0.2, 0.25) is 0 Å². The third kappa shape index (κ3) is 3.85. The van der Waals surface area contributed by atoms with E-state index in [2.05, 4.69) is 36.4 Å². The summed E-state index contributed by atoms with van der Waals surface area (Å²) in [4.78, 5) is 4.77. The number of hydrogen-bond donors (Lipinski definition) is 1. The summed E-state index contributed by atoms with van der Waals surface area (Å²) in [5.74, 6) is 1.96. The van der Waals surface area contributed by atoms with Crippen molar-refractivity contribution in [1.29, 1.82) is 0 Å². The zero-order valence-corrected chi connectivity index (χ0v) is 13.2. The molecule has 0 atom stereocenters. The van der Waals surface area contributed by atoms with Gasteiger partial charge in [-0.25, -0.2) is 4.98 Å². The molecule has 0 radical (unpaired) electrons. The maximum Gasteiger partial charge on any atom is 0.121 e. The van der Waals surface area contributed by atoms with Crippen molar-refractivity contribution in [1.82, 2.24) is 14.9 Å². The highest BCUT2D eigenvalue weighted by Crippen LogP contribution is 2.22. The second-order valence-electron chi connectivity index (χ2n) is 5.37. The van der Waals surface area contributed by atoms with Crippen LogP contribution >= 0.6 is 0 Å². The zero-order chi connectivity index (χ0) is 15.2. The molecule has 4 heteroatoms. The van der Waals surface area contributed by atoms with E-state index in [9.17, 15) is 0 Å². The number of rotatable bonds is 8. The Kier molecular flexibility index (Phi) is 5.39. The molecular formula is C17H25N3O. The molecule has 0 unspecified atom stereocenters. The first-order valence-corrected chi connectivity index (χ1v) is 7.62. The number of ether oxygens (including phenoxy) is 1. The Balaban J connectivity index is 2.29. The average molecular weight is 287 g/mol. The molecule has 1 N–H and O–H groups in total. The van der Waals surface area contributed by atoms with E-state index >= 15 is 0 Å². The summed E-state index contributed by atoms with van der Waals surface area (Å²) in [5, 5.41) is 3.44. The minimum atomic E-state index is 0.492. The van der Waals surface area contributed by atoms with E-state index in [-0.39, 0.29) is 0 Å². The van der Waals surface area contributed by atoms with Gasteiger partial charge in [-0.05, 0) is 19.1 Å². The first-order chi connectivity index (χ1) is 10.2. The van der Waals surface area contributed by atoms with Crippen LogP contribution in [0.3, 0.4) is 0 Å². The maximum atomic E-state index is 5.55. The number of allylic oxidation sites excluding steroid dienone is 1. The van der Waals surface area contributed by atoms with Gasteiger partial charge in [-0.2, -0.15) is 0 Å². The summed E-state index contributed by atoms with van der Waals surface area (Å²) in [6, 6.07) is 6.59. The molecule has 0 aliphatic carbocycles. The molecule has 2 rings (SSSR count). The van der Waals surface area contributed by atoms with E-state index in [0.29, 0.717) is 12.6 Å². The summed E-state index contributed by atoms with van der Waals surface area (Å²) in [6.07, 6.45) is 2.82. The largest absolute Gasteiger partial charge is 0.494 e. The molecule has 1 heterocycles. The van der Waals surface area contributed by atoms with Crippen LogP contribution in [0.15, 0.2) is 30.9 Å². The third-order valence-electron chi connectivity index (χ3n) is 3.32. The van der Waals surface area contributed by atoms with E-state index in [0.717, 1.165) is 42.1 Å². The van der Waals surface area contributed by atoms with Crippen molar-refractivity contribution in [2.24, 2.45) is 0 Å². The first kappa shape index (κ1) is 15.6. The normalized spacial score (nSPS) is 11.2. The molecule has 0 aliphatic heterocycles. The molecular weight excluding hydrogens is 262 g/mol. The van der Waals surface area contributed by atoms with E-state index in [1.807, 2.05) is 25.1 Å². The lowest BCUT2D eigenvalue weighted by atomic mass is 10.3. The Bertz CT molecular complexity index is 601. The van der Waals surface area contributed by atoms with Crippen LogP contribution < -0.4 is 10.1 Å². The number of fused-ring (bicyclic) bond motifs is 1. The molecule has 0 bridgehead atoms. The zero-order valence-electron chi connectivity index (χ0n) is 13.2. The minimum absolute atomic E-state index is 0.492. The predicted octanol–water partition coefficient (Wildman–Crippen LogP) is 3.16. The highest BCUT2D eigenvalue weighted by atomic mass is 16.5. The van der Waals surface area contributed by atoms with Gasteiger partial charge >= 0.3 is 0 Å². The van der Waals surface area contributed by atoms with Crippen molar-refractivity contribution in [3.8, 4) is 5.75 Å². The second kappa shape index (κ2) is 7.27. The molecule has 1 aromatic heterocycles. The second-order valence-corrected chi connectivity index (χ2v) is 5.37. The monoisotopic (exact) mass is 287 g/mol. The van der Waals surface area contributed by atoms with Crippen LogP contribution in [0.2, 0.25) is 0 Å². The van der Waals surface area contributed by atoms with Gasteiger partial charge < -0.3 is 14.6 Å². The van der Waals surface area contributed by atoms with Gasteiger partial charge in [0.05, 0.1) is 17.6 Å². The number of nitrogens with one attached hydrogen (secondary N) is 1. The fraction of sp³-hybridized carbons (Fsp3) is 0.471. The van der Waals surface area contributed by atoms with Gasteiger partial charge in [0, 0.05) is 31.6 Å². The van der Waals surface area contributed by atoms with Crippen LogP contribution in [-0.4, -0.2) is 28.7 Å². The quantitative estimate of drug-likeness (QED) is 0.758. The van der Waals surface area contributed by atoms with E-state index < -0.39 is 0 Å². The van der Waals surface area contributed by atoms with Crippen LogP contribution in [0.1, 0.15) is 26.6 Å². The summed E-state index contributed by atoms with van der Waals surface area (Å²) >= 11 is 0. The number of benzene rings is 1. The highest BCUT2D eigenvalue weighted by molar-refractivity contribution is 5.78. The van der Waals surface area contributed by atoms with E-state index in [1.54, 1.807) is 0 Å². The van der Waals surface area contributed by atoms with Gasteiger partial charge in [-0.1, -0.05) is 19.9 Å². The van der Waals surface area contributed by atoms with Crippen LogP contribution in [-0.2, 0) is 13.0 Å². The van der Waals surface area contributed by atoms with Crippen molar-refractivity contribution in [3.05, 3.63) is 36.7 Å². The molecule has 2 aromatic rings. The Hall–Kier alpha value is -1.81. The number of imidazole rings is 1. The minimum Gasteiger partial charge on any atom is -0.494 e. The van der Waals surface area contributed by atoms with Gasteiger partial charge in [-0.15, -0.1) is 6.58 Å². The van der Waals surface area contributed by atoms with Crippen molar-refractivity contribution in [2.45, 2.75) is 39.8 Å². The third-order valence-corrected chi connectivity index (χ3v) is 3.32. The fourth-order valence-electron chi connectivity index (χ4n) is 2.41. The summed E-state index contributed by atoms with van der Waals surface area (Å²) in [7, 11) is 0. The van der Waals surface area contributed by atoms with Crippen LogP contribution in [0.5, 0.6) is 5.75 Å². The first-order valence-electron chi connectivity index (χ1n) is 7.62. The summed E-state index contributed by atoms with van der Waals surface area (Å²) in [6.45, 7) is 12.5. The van der Waals surface area contributed by atoms with Gasteiger partial charge in [0.25, 0.3) is 0 Å². The topological polar surface area (TPSA) is 39.1 Å². The lowest BCUT2D eigenvalue weighted by molar-refractivity contribution is 0.340. The average Bonchev–Trinajstić information content (AvgIpc) is 2.77. The molecule has 21 heavy (non-hydrogen) atoms.